The molecule has 0 saturated carbocycles. The van der Waals surface area contributed by atoms with Gasteiger partial charge in [-0.3, -0.25) is 0 Å². The molecule has 3 rings (SSSR count). The first-order valence-corrected chi connectivity index (χ1v) is 5.35. The van der Waals surface area contributed by atoms with Gasteiger partial charge in [-0.2, -0.15) is 5.10 Å². The van der Waals surface area contributed by atoms with Gasteiger partial charge in [0.2, 0.25) is 0 Å². The number of aromatic nitrogens is 4. The van der Waals surface area contributed by atoms with E-state index >= 15 is 0 Å². The molecule has 0 spiro atoms. The summed E-state index contributed by atoms with van der Waals surface area (Å²) in [5, 5.41) is 4.51. The van der Waals surface area contributed by atoms with Crippen LogP contribution in [0.2, 0.25) is 5.15 Å². The molecule has 18 heavy (non-hydrogen) atoms. The van der Waals surface area contributed by atoms with Gasteiger partial charge in [-0.1, -0.05) is 17.7 Å². The van der Waals surface area contributed by atoms with Crippen LogP contribution in [0.3, 0.4) is 0 Å². The number of benzene rings is 1. The Morgan fingerprint density at radius 1 is 1.11 bits per heavy atom. The average molecular weight is 267 g/mol. The molecule has 0 saturated heterocycles. The molecule has 90 valence electrons. The molecule has 1 aromatic carbocycles. The Kier molecular flexibility index (Phi) is 2.45. The topological polar surface area (TPSA) is 43.6 Å². The Morgan fingerprint density at radius 2 is 1.83 bits per heavy atom. The van der Waals surface area contributed by atoms with Crippen LogP contribution in [0.5, 0.6) is 0 Å². The maximum Gasteiger partial charge on any atom is 0.167 e. The van der Waals surface area contributed by atoms with E-state index in [0.29, 0.717) is 5.39 Å². The van der Waals surface area contributed by atoms with Crippen molar-refractivity contribution < 1.29 is 8.78 Å². The lowest BCUT2D eigenvalue weighted by molar-refractivity contribution is 0.562. The van der Waals surface area contributed by atoms with Gasteiger partial charge < -0.3 is 0 Å². The molecule has 0 aliphatic rings. The Balaban J connectivity index is 2.36. The quantitative estimate of drug-likeness (QED) is 0.636. The van der Waals surface area contributed by atoms with Gasteiger partial charge in [0.25, 0.3) is 0 Å². The zero-order valence-electron chi connectivity index (χ0n) is 8.81. The van der Waals surface area contributed by atoms with Crippen molar-refractivity contribution in [1.82, 2.24) is 19.7 Å². The fourth-order valence-electron chi connectivity index (χ4n) is 1.67. The first-order chi connectivity index (χ1) is 8.68. The first-order valence-electron chi connectivity index (χ1n) is 4.97. The monoisotopic (exact) mass is 266 g/mol. The number of halogens is 3. The van der Waals surface area contributed by atoms with Crippen molar-refractivity contribution in [1.29, 1.82) is 0 Å². The standard InChI is InChI=1S/C11H5ClF2N4/c12-10-6-4-17-18(11(6)16-5-15-10)9-7(13)2-1-3-8(9)14/h1-5H. The van der Waals surface area contributed by atoms with E-state index in [1.54, 1.807) is 0 Å². The third-order valence-corrected chi connectivity index (χ3v) is 2.77. The molecule has 0 atom stereocenters. The van der Waals surface area contributed by atoms with Gasteiger partial charge in [-0.05, 0) is 12.1 Å². The zero-order valence-corrected chi connectivity index (χ0v) is 9.57. The average Bonchev–Trinajstić information content (AvgIpc) is 2.75. The highest BCUT2D eigenvalue weighted by Crippen LogP contribution is 2.24. The predicted octanol–water partition coefficient (Wildman–Crippen LogP) is 2.75. The largest absolute Gasteiger partial charge is 0.224 e. The summed E-state index contributed by atoms with van der Waals surface area (Å²) in [7, 11) is 0. The molecule has 0 N–H and O–H groups in total. The van der Waals surface area contributed by atoms with E-state index in [-0.39, 0.29) is 16.5 Å². The van der Waals surface area contributed by atoms with E-state index in [4.69, 9.17) is 11.6 Å². The molecule has 2 heterocycles. The molecule has 0 amide bonds. The van der Waals surface area contributed by atoms with Gasteiger partial charge in [0.05, 0.1) is 11.6 Å². The van der Waals surface area contributed by atoms with Gasteiger partial charge in [0, 0.05) is 0 Å². The number of para-hydroxylation sites is 1. The maximum atomic E-state index is 13.7. The fraction of sp³-hybridized carbons (Fsp3) is 0. The van der Waals surface area contributed by atoms with Crippen LogP contribution in [0.25, 0.3) is 16.7 Å². The molecule has 0 unspecified atom stereocenters. The molecular formula is C11H5ClF2N4. The normalized spacial score (nSPS) is 11.1. The van der Waals surface area contributed by atoms with Crippen LogP contribution >= 0.6 is 11.6 Å². The molecule has 4 nitrogen and oxygen atoms in total. The van der Waals surface area contributed by atoms with E-state index in [9.17, 15) is 8.78 Å². The van der Waals surface area contributed by atoms with Crippen LogP contribution < -0.4 is 0 Å². The van der Waals surface area contributed by atoms with Crippen molar-refractivity contribution in [2.24, 2.45) is 0 Å². The number of rotatable bonds is 1. The van der Waals surface area contributed by atoms with Crippen LogP contribution in [0, 0.1) is 11.6 Å². The van der Waals surface area contributed by atoms with Crippen molar-refractivity contribution in [2.45, 2.75) is 0 Å². The summed E-state index contributed by atoms with van der Waals surface area (Å²) in [6.45, 7) is 0. The second-order valence-electron chi connectivity index (χ2n) is 3.53. The minimum absolute atomic E-state index is 0.183. The zero-order chi connectivity index (χ0) is 12.7. The molecule has 0 aliphatic carbocycles. The van der Waals surface area contributed by atoms with Gasteiger partial charge in [0.15, 0.2) is 17.3 Å². The summed E-state index contributed by atoms with van der Waals surface area (Å²) < 4.78 is 28.4. The number of hydrogen-bond donors (Lipinski definition) is 0. The Hall–Kier alpha value is -2.08. The highest BCUT2D eigenvalue weighted by atomic mass is 35.5. The molecule has 0 radical (unpaired) electrons. The van der Waals surface area contributed by atoms with Crippen molar-refractivity contribution >= 4 is 22.6 Å². The lowest BCUT2D eigenvalue weighted by Crippen LogP contribution is -2.03. The molecule has 7 heteroatoms. The third-order valence-electron chi connectivity index (χ3n) is 2.47. The minimum atomic E-state index is -0.727. The van der Waals surface area contributed by atoms with E-state index in [2.05, 4.69) is 15.1 Å². The van der Waals surface area contributed by atoms with E-state index in [1.807, 2.05) is 0 Å². The molecule has 0 bridgehead atoms. The number of fused-ring (bicyclic) bond motifs is 1. The van der Waals surface area contributed by atoms with Crippen LogP contribution in [-0.2, 0) is 0 Å². The summed E-state index contributed by atoms with van der Waals surface area (Å²) in [5.74, 6) is -1.45. The SMILES string of the molecule is Fc1cccc(F)c1-n1ncc2c(Cl)ncnc21. The predicted molar refractivity (Wildman–Crippen MR) is 61.6 cm³/mol. The Bertz CT molecular complexity index is 721. The van der Waals surface area contributed by atoms with Crippen LogP contribution in [0.4, 0.5) is 8.78 Å². The second-order valence-corrected chi connectivity index (χ2v) is 3.89. The van der Waals surface area contributed by atoms with Crippen LogP contribution in [0.1, 0.15) is 0 Å². The first kappa shape index (κ1) is 11.0. The van der Waals surface area contributed by atoms with E-state index in [1.165, 1.54) is 18.6 Å². The van der Waals surface area contributed by atoms with Gasteiger partial charge in [-0.25, -0.2) is 23.4 Å². The summed E-state index contributed by atoms with van der Waals surface area (Å²) in [4.78, 5) is 7.70. The van der Waals surface area contributed by atoms with Gasteiger partial charge in [0.1, 0.15) is 17.2 Å². The molecular weight excluding hydrogens is 262 g/mol. The summed E-state index contributed by atoms with van der Waals surface area (Å²) in [6.07, 6.45) is 2.57. The summed E-state index contributed by atoms with van der Waals surface area (Å²) in [5.41, 5.74) is -0.0405. The summed E-state index contributed by atoms with van der Waals surface area (Å²) in [6, 6.07) is 3.57. The molecule has 2 aromatic heterocycles. The highest BCUT2D eigenvalue weighted by molar-refractivity contribution is 6.33. The summed E-state index contributed by atoms with van der Waals surface area (Å²) >= 11 is 5.85. The highest BCUT2D eigenvalue weighted by Gasteiger charge is 2.16. The molecule has 3 aromatic rings. The number of hydrogen-bond acceptors (Lipinski definition) is 3. The van der Waals surface area contributed by atoms with E-state index < -0.39 is 11.6 Å². The molecule has 0 fully saturated rings. The van der Waals surface area contributed by atoms with Crippen molar-refractivity contribution in [2.75, 3.05) is 0 Å². The second kappa shape index (κ2) is 3.99. The van der Waals surface area contributed by atoms with Crippen LogP contribution in [0.15, 0.2) is 30.7 Å². The minimum Gasteiger partial charge on any atom is -0.224 e. The Morgan fingerprint density at radius 3 is 2.56 bits per heavy atom. The van der Waals surface area contributed by atoms with Crippen LogP contribution in [-0.4, -0.2) is 19.7 Å². The van der Waals surface area contributed by atoms with Gasteiger partial charge >= 0.3 is 0 Å². The van der Waals surface area contributed by atoms with Crippen molar-refractivity contribution in [3.8, 4) is 5.69 Å². The fourth-order valence-corrected chi connectivity index (χ4v) is 1.85. The third kappa shape index (κ3) is 1.53. The molecule has 0 aliphatic heterocycles. The van der Waals surface area contributed by atoms with Crippen molar-refractivity contribution in [3.63, 3.8) is 0 Å². The lowest BCUT2D eigenvalue weighted by Gasteiger charge is -2.05. The smallest absolute Gasteiger partial charge is 0.167 e. The van der Waals surface area contributed by atoms with E-state index in [0.717, 1.165) is 16.8 Å². The van der Waals surface area contributed by atoms with Crippen molar-refractivity contribution in [3.05, 3.63) is 47.5 Å². The maximum absolute atomic E-state index is 13.7. The lowest BCUT2D eigenvalue weighted by atomic mass is 10.3. The number of nitrogens with zero attached hydrogens (tertiary/aromatic N) is 4. The van der Waals surface area contributed by atoms with Gasteiger partial charge in [-0.15, -0.1) is 0 Å². The Labute approximate surface area is 105 Å².